The van der Waals surface area contributed by atoms with Crippen LogP contribution in [0.3, 0.4) is 0 Å². The maximum Gasteiger partial charge on any atom is 0.322 e. The van der Waals surface area contributed by atoms with E-state index >= 15 is 0 Å². The van der Waals surface area contributed by atoms with Gasteiger partial charge in [0, 0.05) is 11.2 Å². The quantitative estimate of drug-likeness (QED) is 0.836. The van der Waals surface area contributed by atoms with Crippen LogP contribution in [0.4, 0.5) is 5.69 Å². The molecule has 1 atom stereocenters. The van der Waals surface area contributed by atoms with Crippen LogP contribution in [0.1, 0.15) is 45.2 Å². The van der Waals surface area contributed by atoms with E-state index in [1.54, 1.807) is 6.07 Å². The van der Waals surface area contributed by atoms with Gasteiger partial charge in [0.05, 0.1) is 0 Å². The molecule has 1 aromatic rings. The summed E-state index contributed by atoms with van der Waals surface area (Å²) in [5.41, 5.74) is 1.19. The molecule has 0 bridgehead atoms. The topological polar surface area (TPSA) is 71.3 Å². The molecule has 0 amide bonds. The summed E-state index contributed by atoms with van der Waals surface area (Å²) in [5, 5.41) is 11.4. The minimum Gasteiger partial charge on any atom is -0.480 e. The second-order valence-corrected chi connectivity index (χ2v) is 5.73. The lowest BCUT2D eigenvalue weighted by atomic mass is 9.92. The van der Waals surface area contributed by atoms with Crippen molar-refractivity contribution in [3.05, 3.63) is 28.2 Å². The number of unbranched alkanes of at least 4 members (excludes halogenated alkanes) is 1. The molecule has 5 nitrogen and oxygen atoms in total. The maximum absolute atomic E-state index is 12.6. The van der Waals surface area contributed by atoms with Crippen molar-refractivity contribution in [2.24, 2.45) is 0 Å². The summed E-state index contributed by atoms with van der Waals surface area (Å²) in [5.74, 6) is -0.969. The van der Waals surface area contributed by atoms with Crippen molar-refractivity contribution in [3.8, 4) is 0 Å². The van der Waals surface area contributed by atoms with E-state index in [-0.39, 0.29) is 17.6 Å². The van der Waals surface area contributed by atoms with Crippen molar-refractivity contribution in [2.75, 3.05) is 11.9 Å². The van der Waals surface area contributed by atoms with Gasteiger partial charge in [0.25, 0.3) is 5.56 Å². The first-order valence-electron chi connectivity index (χ1n) is 7.19. The number of hydrogen-bond donors (Lipinski definition) is 2. The average Bonchev–Trinajstić information content (AvgIpc) is 2.74. The minimum atomic E-state index is -0.969. The van der Waals surface area contributed by atoms with E-state index in [0.717, 1.165) is 37.8 Å². The fraction of sp³-hybridized carbons (Fsp3) is 0.600. The smallest absolute Gasteiger partial charge is 0.322 e. The molecule has 1 aliphatic heterocycles. The maximum atomic E-state index is 12.6. The van der Waals surface area contributed by atoms with Crippen LogP contribution in [0.2, 0.25) is 0 Å². The summed E-state index contributed by atoms with van der Waals surface area (Å²) in [6, 6.07) is 3.63. The van der Waals surface area contributed by atoms with Crippen molar-refractivity contribution < 1.29 is 9.90 Å². The number of carboxylic acid groups (broad SMARTS) is 1. The molecule has 110 valence electrons. The van der Waals surface area contributed by atoms with Crippen LogP contribution < -0.4 is 10.9 Å². The predicted molar refractivity (Wildman–Crippen MR) is 78.3 cm³/mol. The fourth-order valence-corrected chi connectivity index (χ4v) is 2.97. The largest absolute Gasteiger partial charge is 0.480 e. The van der Waals surface area contributed by atoms with Gasteiger partial charge in [0.2, 0.25) is 0 Å². The molecule has 2 rings (SSSR count). The highest BCUT2D eigenvalue weighted by Crippen LogP contribution is 2.34. The van der Waals surface area contributed by atoms with Crippen molar-refractivity contribution in [1.82, 2.24) is 4.57 Å². The van der Waals surface area contributed by atoms with Gasteiger partial charge in [-0.15, -0.1) is 0 Å². The van der Waals surface area contributed by atoms with Gasteiger partial charge in [0.15, 0.2) is 0 Å². The second-order valence-electron chi connectivity index (χ2n) is 5.73. The Kier molecular flexibility index (Phi) is 4.16. The Morgan fingerprint density at radius 2 is 2.25 bits per heavy atom. The van der Waals surface area contributed by atoms with E-state index in [2.05, 4.69) is 19.2 Å². The zero-order chi connectivity index (χ0) is 14.8. The highest BCUT2D eigenvalue weighted by Gasteiger charge is 2.34. The van der Waals surface area contributed by atoms with Crippen molar-refractivity contribution in [3.63, 3.8) is 0 Å². The van der Waals surface area contributed by atoms with Gasteiger partial charge >= 0.3 is 5.97 Å². The number of nitrogens with zero attached hydrogens (tertiary/aromatic N) is 1. The van der Waals surface area contributed by atoms with Gasteiger partial charge in [-0.2, -0.15) is 0 Å². The molecule has 0 radical (unpaired) electrons. The number of rotatable bonds is 6. The third kappa shape index (κ3) is 2.71. The third-order valence-electron chi connectivity index (χ3n) is 4.12. The summed E-state index contributed by atoms with van der Waals surface area (Å²) in [6.07, 6.45) is 5.07. The lowest BCUT2D eigenvalue weighted by Gasteiger charge is -2.28. The SMILES string of the molecule is CCCCC1(C)CCc2ccc(NCC(=O)O)c(=O)n21. The molecule has 1 aliphatic rings. The third-order valence-corrected chi connectivity index (χ3v) is 4.12. The Morgan fingerprint density at radius 3 is 2.90 bits per heavy atom. The Hall–Kier alpha value is -1.78. The van der Waals surface area contributed by atoms with Crippen molar-refractivity contribution in [2.45, 2.75) is 51.5 Å². The summed E-state index contributed by atoms with van der Waals surface area (Å²) in [6.45, 7) is 4.04. The molecule has 0 aromatic carbocycles. The number of fused-ring (bicyclic) bond motifs is 1. The molecule has 5 heteroatoms. The lowest BCUT2D eigenvalue weighted by molar-refractivity contribution is -0.134. The number of hydrogen-bond acceptors (Lipinski definition) is 3. The molecule has 0 saturated heterocycles. The van der Waals surface area contributed by atoms with Gasteiger partial charge in [-0.25, -0.2) is 0 Å². The molecular formula is C15H22N2O3. The monoisotopic (exact) mass is 278 g/mol. The fourth-order valence-electron chi connectivity index (χ4n) is 2.97. The second kappa shape index (κ2) is 5.69. The van der Waals surface area contributed by atoms with Crippen LogP contribution in [0.5, 0.6) is 0 Å². The van der Waals surface area contributed by atoms with Gasteiger partial charge in [-0.05, 0) is 38.3 Å². The van der Waals surface area contributed by atoms with Gasteiger partial charge in [-0.1, -0.05) is 19.8 Å². The van der Waals surface area contributed by atoms with Gasteiger partial charge < -0.3 is 15.0 Å². The molecule has 2 N–H and O–H groups in total. The van der Waals surface area contributed by atoms with Crippen LogP contribution in [0, 0.1) is 0 Å². The number of aryl methyl sites for hydroxylation is 1. The molecular weight excluding hydrogens is 256 g/mol. The number of carbonyl (C=O) groups is 1. The molecule has 1 aromatic heterocycles. The van der Waals surface area contributed by atoms with Crippen LogP contribution >= 0.6 is 0 Å². The van der Waals surface area contributed by atoms with E-state index in [1.807, 2.05) is 10.6 Å². The Labute approximate surface area is 118 Å². The molecule has 0 aliphatic carbocycles. The van der Waals surface area contributed by atoms with Crippen LogP contribution in [-0.4, -0.2) is 22.2 Å². The Morgan fingerprint density at radius 1 is 1.50 bits per heavy atom. The minimum absolute atomic E-state index is 0.0974. The zero-order valence-electron chi connectivity index (χ0n) is 12.1. The highest BCUT2D eigenvalue weighted by atomic mass is 16.4. The van der Waals surface area contributed by atoms with Crippen LogP contribution in [-0.2, 0) is 16.8 Å². The lowest BCUT2D eigenvalue weighted by Crippen LogP contribution is -2.37. The van der Waals surface area contributed by atoms with Crippen LogP contribution in [0.25, 0.3) is 0 Å². The zero-order valence-corrected chi connectivity index (χ0v) is 12.1. The number of anilines is 1. The van der Waals surface area contributed by atoms with E-state index in [4.69, 9.17) is 5.11 Å². The number of pyridine rings is 1. The summed E-state index contributed by atoms with van der Waals surface area (Å²) in [7, 11) is 0. The molecule has 0 spiro atoms. The van der Waals surface area contributed by atoms with Gasteiger partial charge in [0.1, 0.15) is 12.2 Å². The first kappa shape index (κ1) is 14.6. The number of nitrogens with one attached hydrogen (secondary N) is 1. The first-order valence-corrected chi connectivity index (χ1v) is 7.19. The molecule has 1 unspecified atom stereocenters. The summed E-state index contributed by atoms with van der Waals surface area (Å²) in [4.78, 5) is 23.2. The van der Waals surface area contributed by atoms with E-state index in [0.29, 0.717) is 5.69 Å². The van der Waals surface area contributed by atoms with E-state index in [1.165, 1.54) is 0 Å². The Balaban J connectivity index is 2.33. The predicted octanol–water partition coefficient (Wildman–Crippen LogP) is 2.20. The van der Waals surface area contributed by atoms with Crippen molar-refractivity contribution in [1.29, 1.82) is 0 Å². The summed E-state index contributed by atoms with van der Waals surface area (Å²) >= 11 is 0. The number of aliphatic carboxylic acids is 1. The number of carboxylic acids is 1. The molecule has 20 heavy (non-hydrogen) atoms. The normalized spacial score (nSPS) is 20.7. The number of aromatic nitrogens is 1. The first-order chi connectivity index (χ1) is 9.48. The van der Waals surface area contributed by atoms with E-state index in [9.17, 15) is 9.59 Å². The van der Waals surface area contributed by atoms with Gasteiger partial charge in [-0.3, -0.25) is 9.59 Å². The standard InChI is InChI=1S/C15H22N2O3/c1-3-4-8-15(2)9-7-11-5-6-12(14(20)17(11)15)16-10-13(18)19/h5-6,16H,3-4,7-10H2,1-2H3,(H,18,19). The van der Waals surface area contributed by atoms with Crippen LogP contribution in [0.15, 0.2) is 16.9 Å². The average molecular weight is 278 g/mol. The molecule has 0 fully saturated rings. The Bertz CT molecular complexity index is 565. The summed E-state index contributed by atoms with van der Waals surface area (Å²) < 4.78 is 1.87. The highest BCUT2D eigenvalue weighted by molar-refractivity contribution is 5.72. The van der Waals surface area contributed by atoms with Crippen molar-refractivity contribution >= 4 is 11.7 Å². The van der Waals surface area contributed by atoms with E-state index < -0.39 is 5.97 Å². The molecule has 2 heterocycles. The molecule has 0 saturated carbocycles.